The maximum atomic E-state index is 11.9. The molecule has 0 radical (unpaired) electrons. The van der Waals surface area contributed by atoms with Crippen LogP contribution in [0.5, 0.6) is 0 Å². The Morgan fingerprint density at radius 3 is 2.39 bits per heavy atom. The molecule has 0 heterocycles. The number of nitrogens with one attached hydrogen (secondary N) is 2. The molecule has 1 aromatic carbocycles. The summed E-state index contributed by atoms with van der Waals surface area (Å²) < 4.78 is 26.3. The van der Waals surface area contributed by atoms with Crippen LogP contribution in [0.3, 0.4) is 0 Å². The summed E-state index contributed by atoms with van der Waals surface area (Å²) in [4.78, 5) is 21.9. The lowest BCUT2D eigenvalue weighted by Gasteiger charge is -2.05. The van der Waals surface area contributed by atoms with Gasteiger partial charge in [0, 0.05) is 19.2 Å². The highest BCUT2D eigenvalue weighted by Gasteiger charge is 2.11. The molecular weight excluding hydrogens is 320 g/mol. The number of carboxylic acid groups (broad SMARTS) is 1. The first-order chi connectivity index (χ1) is 10.8. The van der Waals surface area contributed by atoms with Gasteiger partial charge >= 0.3 is 5.97 Å². The van der Waals surface area contributed by atoms with Crippen LogP contribution in [0.4, 0.5) is 0 Å². The van der Waals surface area contributed by atoms with Gasteiger partial charge in [0.05, 0.1) is 11.3 Å². The summed E-state index contributed by atoms with van der Waals surface area (Å²) in [5.74, 6) is -1.39. The van der Waals surface area contributed by atoms with Crippen LogP contribution in [0.1, 0.15) is 25.3 Å². The van der Waals surface area contributed by atoms with Crippen molar-refractivity contribution in [1.29, 1.82) is 0 Å². The summed E-state index contributed by atoms with van der Waals surface area (Å²) in [5.41, 5.74) is 0.660. The Balaban J connectivity index is 2.61. The summed E-state index contributed by atoms with van der Waals surface area (Å²) in [5, 5.41) is 10.9. The number of hydrogen-bond acceptors (Lipinski definition) is 4. The Morgan fingerprint density at radius 1 is 1.17 bits per heavy atom. The van der Waals surface area contributed by atoms with Crippen molar-refractivity contribution in [3.05, 3.63) is 35.9 Å². The van der Waals surface area contributed by atoms with Crippen molar-refractivity contribution in [1.82, 2.24) is 10.0 Å². The van der Waals surface area contributed by atoms with E-state index in [1.165, 1.54) is 24.3 Å². The number of sulfonamides is 1. The average Bonchev–Trinajstić information content (AvgIpc) is 2.51. The zero-order chi connectivity index (χ0) is 17.3. The highest BCUT2D eigenvalue weighted by atomic mass is 32.2. The van der Waals surface area contributed by atoms with E-state index >= 15 is 0 Å². The Hall–Kier alpha value is -2.19. The van der Waals surface area contributed by atoms with Crippen molar-refractivity contribution in [3.8, 4) is 0 Å². The molecule has 0 aliphatic carbocycles. The third-order valence-electron chi connectivity index (χ3n) is 2.80. The summed E-state index contributed by atoms with van der Waals surface area (Å²) in [7, 11) is -3.50. The van der Waals surface area contributed by atoms with Crippen LogP contribution in [0.2, 0.25) is 0 Å². The average molecular weight is 340 g/mol. The fraction of sp³-hybridized carbons (Fsp3) is 0.333. The molecule has 0 atom stereocenters. The molecule has 0 aliphatic rings. The van der Waals surface area contributed by atoms with E-state index < -0.39 is 21.9 Å². The fourth-order valence-corrected chi connectivity index (χ4v) is 2.74. The summed E-state index contributed by atoms with van der Waals surface area (Å²) in [6.07, 6.45) is 3.35. The van der Waals surface area contributed by atoms with E-state index in [0.717, 1.165) is 0 Å². The second-order valence-corrected chi connectivity index (χ2v) is 6.50. The van der Waals surface area contributed by atoms with E-state index in [9.17, 15) is 18.0 Å². The molecule has 0 aromatic heterocycles. The Morgan fingerprint density at radius 2 is 1.83 bits per heavy atom. The number of amides is 1. The van der Waals surface area contributed by atoms with Crippen molar-refractivity contribution >= 4 is 28.0 Å². The van der Waals surface area contributed by atoms with Crippen LogP contribution in [-0.4, -0.2) is 38.5 Å². The molecule has 0 fully saturated rings. The zero-order valence-corrected chi connectivity index (χ0v) is 13.6. The normalized spacial score (nSPS) is 11.5. The van der Waals surface area contributed by atoms with Gasteiger partial charge in [0.25, 0.3) is 0 Å². The molecule has 126 valence electrons. The van der Waals surface area contributed by atoms with Gasteiger partial charge in [-0.25, -0.2) is 13.1 Å². The van der Waals surface area contributed by atoms with Gasteiger partial charge in [0.1, 0.15) is 0 Å². The summed E-state index contributed by atoms with van der Waals surface area (Å²) in [6, 6.07) is 6.09. The van der Waals surface area contributed by atoms with Crippen molar-refractivity contribution in [2.24, 2.45) is 0 Å². The largest absolute Gasteiger partial charge is 0.481 e. The predicted molar refractivity (Wildman–Crippen MR) is 86.2 cm³/mol. The van der Waals surface area contributed by atoms with Crippen LogP contribution >= 0.6 is 0 Å². The van der Waals surface area contributed by atoms with Crippen LogP contribution in [0.25, 0.3) is 6.08 Å². The second-order valence-electron chi connectivity index (χ2n) is 4.73. The lowest BCUT2D eigenvalue weighted by molar-refractivity contribution is -0.136. The molecule has 23 heavy (non-hydrogen) atoms. The predicted octanol–water partition coefficient (Wildman–Crippen LogP) is 0.979. The van der Waals surface area contributed by atoms with Gasteiger partial charge in [0.2, 0.25) is 15.9 Å². The lowest BCUT2D eigenvalue weighted by atomic mass is 10.2. The fourth-order valence-electron chi connectivity index (χ4n) is 1.60. The van der Waals surface area contributed by atoms with Gasteiger partial charge in [-0.15, -0.1) is 0 Å². The minimum atomic E-state index is -3.50. The van der Waals surface area contributed by atoms with Crippen molar-refractivity contribution < 1.29 is 23.1 Å². The Bertz CT molecular complexity index is 666. The first kappa shape index (κ1) is 18.9. The molecule has 3 N–H and O–H groups in total. The van der Waals surface area contributed by atoms with E-state index in [1.54, 1.807) is 12.1 Å². The molecule has 0 aliphatic heterocycles. The molecule has 0 unspecified atom stereocenters. The second kappa shape index (κ2) is 9.06. The maximum Gasteiger partial charge on any atom is 0.305 e. The van der Waals surface area contributed by atoms with Crippen molar-refractivity contribution in [3.63, 3.8) is 0 Å². The number of carboxylic acids is 1. The van der Waals surface area contributed by atoms with Crippen LogP contribution in [0, 0.1) is 0 Å². The third-order valence-corrected chi connectivity index (χ3v) is 4.27. The van der Waals surface area contributed by atoms with Gasteiger partial charge < -0.3 is 10.4 Å². The minimum absolute atomic E-state index is 0.0544. The molecule has 1 rings (SSSR count). The third kappa shape index (κ3) is 7.07. The molecule has 1 aromatic rings. The van der Waals surface area contributed by atoms with E-state index in [0.29, 0.717) is 18.5 Å². The van der Waals surface area contributed by atoms with Gasteiger partial charge in [-0.2, -0.15) is 0 Å². The zero-order valence-electron chi connectivity index (χ0n) is 12.8. The number of carbonyl (C=O) groups is 2. The molecule has 0 saturated carbocycles. The van der Waals surface area contributed by atoms with Gasteiger partial charge in [0.15, 0.2) is 0 Å². The molecule has 7 nitrogen and oxygen atoms in total. The van der Waals surface area contributed by atoms with E-state index in [-0.39, 0.29) is 17.9 Å². The van der Waals surface area contributed by atoms with Crippen molar-refractivity contribution in [2.45, 2.75) is 24.7 Å². The van der Waals surface area contributed by atoms with Gasteiger partial charge in [-0.05, 0) is 30.2 Å². The van der Waals surface area contributed by atoms with Crippen LogP contribution in [-0.2, 0) is 19.6 Å². The smallest absolute Gasteiger partial charge is 0.305 e. The standard InChI is InChI=1S/C15H20N2O5S/c1-2-10-17-23(21,22)13-6-3-12(4-7-13)5-8-14(18)16-11-9-15(19)20/h3-8,17H,2,9-11H2,1H3,(H,16,18)(H,19,20)/b8-5+. The van der Waals surface area contributed by atoms with Crippen LogP contribution in [0.15, 0.2) is 35.2 Å². The summed E-state index contributed by atoms with van der Waals surface area (Å²) in [6.45, 7) is 2.30. The SMILES string of the molecule is CCCNS(=O)(=O)c1ccc(/C=C/C(=O)NCCC(=O)O)cc1. The van der Waals surface area contributed by atoms with E-state index in [2.05, 4.69) is 10.0 Å². The minimum Gasteiger partial charge on any atom is -0.481 e. The highest BCUT2D eigenvalue weighted by molar-refractivity contribution is 7.89. The quantitative estimate of drug-likeness (QED) is 0.580. The number of aliphatic carboxylic acids is 1. The molecule has 1 amide bonds. The van der Waals surface area contributed by atoms with E-state index in [1.807, 2.05) is 6.92 Å². The number of rotatable bonds is 9. The summed E-state index contributed by atoms with van der Waals surface area (Å²) >= 11 is 0. The Labute approximate surface area is 135 Å². The molecule has 0 bridgehead atoms. The Kier molecular flexibility index (Phi) is 7.43. The first-order valence-electron chi connectivity index (χ1n) is 7.12. The van der Waals surface area contributed by atoms with Crippen molar-refractivity contribution in [2.75, 3.05) is 13.1 Å². The topological polar surface area (TPSA) is 113 Å². The first-order valence-corrected chi connectivity index (χ1v) is 8.61. The molecule has 0 spiro atoms. The van der Waals surface area contributed by atoms with Gasteiger partial charge in [-0.3, -0.25) is 9.59 Å². The highest BCUT2D eigenvalue weighted by Crippen LogP contribution is 2.11. The van der Waals surface area contributed by atoms with Crippen LogP contribution < -0.4 is 10.0 Å². The monoisotopic (exact) mass is 340 g/mol. The van der Waals surface area contributed by atoms with Gasteiger partial charge in [-0.1, -0.05) is 19.1 Å². The molecule has 8 heteroatoms. The van der Waals surface area contributed by atoms with E-state index in [4.69, 9.17) is 5.11 Å². The molecule has 0 saturated heterocycles. The molecular formula is C15H20N2O5S. The number of hydrogen-bond donors (Lipinski definition) is 3. The number of carbonyl (C=O) groups excluding carboxylic acids is 1. The lowest BCUT2D eigenvalue weighted by Crippen LogP contribution is -2.24. The maximum absolute atomic E-state index is 11.9. The number of benzene rings is 1.